The summed E-state index contributed by atoms with van der Waals surface area (Å²) in [7, 11) is -3.16. The van der Waals surface area contributed by atoms with E-state index in [2.05, 4.69) is 25.6 Å². The number of anilines is 4. The number of nitrogens with one attached hydrogen (secondary N) is 2. The van der Waals surface area contributed by atoms with E-state index in [9.17, 15) is 21.9 Å². The molecule has 0 bridgehead atoms. The first-order chi connectivity index (χ1) is 18.5. The zero-order chi connectivity index (χ0) is 28.6. The fraction of sp³-hybridized carbons (Fsp3) is 0.375. The average Bonchev–Trinajstić information content (AvgIpc) is 2.87. The minimum Gasteiger partial charge on any atom is -0.365 e. The summed E-state index contributed by atoms with van der Waals surface area (Å²) in [6.45, 7) is 3.81. The molecule has 0 radical (unpaired) electrons. The van der Waals surface area contributed by atoms with Crippen LogP contribution in [0.2, 0.25) is 0 Å². The predicted octanol–water partition coefficient (Wildman–Crippen LogP) is 5.74. The Hall–Kier alpha value is -3.06. The zero-order valence-corrected chi connectivity index (χ0v) is 23.6. The van der Waals surface area contributed by atoms with Crippen molar-refractivity contribution in [1.82, 2.24) is 15.0 Å². The lowest BCUT2D eigenvalue weighted by Crippen LogP contribution is -2.22. The van der Waals surface area contributed by atoms with Crippen molar-refractivity contribution in [2.75, 3.05) is 41.5 Å². The second kappa shape index (κ2) is 13.3. The summed E-state index contributed by atoms with van der Waals surface area (Å²) in [4.78, 5) is 12.1. The molecular formula is C24H30F3N6O4PS. The molecule has 0 saturated heterocycles. The van der Waals surface area contributed by atoms with Crippen LogP contribution in [0.15, 0.2) is 48.8 Å². The molecular weight excluding hydrogens is 556 g/mol. The Balaban J connectivity index is 1.86. The van der Waals surface area contributed by atoms with E-state index in [0.717, 1.165) is 0 Å². The summed E-state index contributed by atoms with van der Waals surface area (Å²) in [6.07, 6.45) is -1.02. The Kier molecular flexibility index (Phi) is 10.4. The third kappa shape index (κ3) is 8.46. The molecule has 0 amide bonds. The largest absolute Gasteiger partial charge is 0.421 e. The van der Waals surface area contributed by atoms with Crippen molar-refractivity contribution in [3.8, 4) is 0 Å². The minimum absolute atomic E-state index is 0.0231. The molecule has 2 aromatic heterocycles. The lowest BCUT2D eigenvalue weighted by molar-refractivity contribution is -0.137. The van der Waals surface area contributed by atoms with Gasteiger partial charge in [-0.1, -0.05) is 18.2 Å². The van der Waals surface area contributed by atoms with Gasteiger partial charge in [0.15, 0.2) is 0 Å². The first-order valence-corrected chi connectivity index (χ1v) is 15.1. The quantitative estimate of drug-likeness (QED) is 0.242. The van der Waals surface area contributed by atoms with Crippen molar-refractivity contribution in [1.29, 1.82) is 0 Å². The standard InChI is InChI=1S/C24H30F3N6O4PS/c1-5-36-38(34,37-6-2)16-17-9-7-11-19(13-17)31-23-30-15-20(24(25,26)27)21(32-23)29-14-18-10-8-12-28-22(18)33(3)39(4)35/h7-13,15H,5-6,14,16H2,1-4H3,(H2,29,30,31,32). The number of alkyl halides is 3. The molecule has 3 rings (SSSR count). The van der Waals surface area contributed by atoms with Gasteiger partial charge in [0, 0.05) is 43.5 Å². The molecule has 0 saturated carbocycles. The Morgan fingerprint density at radius 2 is 1.82 bits per heavy atom. The summed E-state index contributed by atoms with van der Waals surface area (Å²) in [5.74, 6) is -0.165. The average molecular weight is 587 g/mol. The van der Waals surface area contributed by atoms with E-state index in [1.165, 1.54) is 16.8 Å². The van der Waals surface area contributed by atoms with E-state index < -0.39 is 36.1 Å². The molecule has 1 aromatic carbocycles. The number of hydrogen-bond donors (Lipinski definition) is 2. The van der Waals surface area contributed by atoms with Gasteiger partial charge in [-0.05, 0) is 37.6 Å². The molecule has 1 unspecified atom stereocenters. The highest BCUT2D eigenvalue weighted by atomic mass is 32.2. The topological polar surface area (TPSA) is 119 Å². The van der Waals surface area contributed by atoms with Gasteiger partial charge in [-0.3, -0.25) is 8.87 Å². The molecule has 0 aliphatic carbocycles. The van der Waals surface area contributed by atoms with Gasteiger partial charge in [0.2, 0.25) is 5.95 Å². The molecule has 0 aliphatic heterocycles. The number of rotatable bonds is 13. The number of nitrogens with zero attached hydrogens (tertiary/aromatic N) is 4. The molecule has 0 spiro atoms. The summed E-state index contributed by atoms with van der Waals surface area (Å²) in [5, 5.41) is 5.61. The SMILES string of the molecule is CCOP(=O)(Cc1cccc(Nc2ncc(C(F)(F)F)c(NCc3cccnc3N(C)S(C)=O)n2)c1)OCC. The molecule has 212 valence electrons. The van der Waals surface area contributed by atoms with E-state index in [-0.39, 0.29) is 31.9 Å². The smallest absolute Gasteiger partial charge is 0.365 e. The van der Waals surface area contributed by atoms with Gasteiger partial charge in [0.1, 0.15) is 28.2 Å². The molecule has 15 heteroatoms. The van der Waals surface area contributed by atoms with Gasteiger partial charge in [0.25, 0.3) is 0 Å². The third-order valence-electron chi connectivity index (χ3n) is 5.30. The van der Waals surface area contributed by atoms with Crippen LogP contribution < -0.4 is 14.9 Å². The summed E-state index contributed by atoms with van der Waals surface area (Å²) < 4.78 is 78.1. The van der Waals surface area contributed by atoms with E-state index in [4.69, 9.17) is 9.05 Å². The van der Waals surface area contributed by atoms with Crippen LogP contribution in [0.5, 0.6) is 0 Å². The Morgan fingerprint density at radius 1 is 1.10 bits per heavy atom. The first kappa shape index (κ1) is 30.5. The molecule has 2 heterocycles. The normalized spacial score (nSPS) is 12.7. The van der Waals surface area contributed by atoms with Crippen LogP contribution in [0.25, 0.3) is 0 Å². The maximum Gasteiger partial charge on any atom is 0.421 e. The van der Waals surface area contributed by atoms with Gasteiger partial charge >= 0.3 is 13.8 Å². The predicted molar refractivity (Wildman–Crippen MR) is 145 cm³/mol. The molecule has 1 atom stereocenters. The lowest BCUT2D eigenvalue weighted by Gasteiger charge is -2.19. The molecule has 2 N–H and O–H groups in total. The van der Waals surface area contributed by atoms with Crippen molar-refractivity contribution >= 4 is 41.9 Å². The molecule has 0 aliphatic rings. The number of benzene rings is 1. The van der Waals surface area contributed by atoms with Crippen LogP contribution >= 0.6 is 7.60 Å². The van der Waals surface area contributed by atoms with Crippen LogP contribution in [-0.4, -0.2) is 45.7 Å². The van der Waals surface area contributed by atoms with Crippen molar-refractivity contribution < 1.29 is 31.0 Å². The number of pyridine rings is 1. The van der Waals surface area contributed by atoms with Gasteiger partial charge in [-0.25, -0.2) is 14.2 Å². The number of halogens is 3. The highest BCUT2D eigenvalue weighted by molar-refractivity contribution is 7.85. The molecule has 10 nitrogen and oxygen atoms in total. The van der Waals surface area contributed by atoms with Crippen LogP contribution in [-0.2, 0) is 43.5 Å². The molecule has 39 heavy (non-hydrogen) atoms. The first-order valence-electron chi connectivity index (χ1n) is 11.9. The molecule has 0 fully saturated rings. The van der Waals surface area contributed by atoms with E-state index in [1.54, 1.807) is 57.3 Å². The van der Waals surface area contributed by atoms with Crippen LogP contribution in [0.1, 0.15) is 30.5 Å². The monoisotopic (exact) mass is 586 g/mol. The summed E-state index contributed by atoms with van der Waals surface area (Å²) >= 11 is 0. The van der Waals surface area contributed by atoms with E-state index in [1.807, 2.05) is 0 Å². The summed E-state index contributed by atoms with van der Waals surface area (Å²) in [6, 6.07) is 10.1. The third-order valence-corrected chi connectivity index (χ3v) is 8.30. The Labute approximate surface area is 227 Å². The fourth-order valence-electron chi connectivity index (χ4n) is 3.56. The van der Waals surface area contributed by atoms with Crippen molar-refractivity contribution in [2.24, 2.45) is 0 Å². The van der Waals surface area contributed by atoms with Crippen LogP contribution in [0, 0.1) is 0 Å². The van der Waals surface area contributed by atoms with Crippen molar-refractivity contribution in [2.45, 2.75) is 32.7 Å². The second-order valence-corrected chi connectivity index (χ2v) is 11.6. The number of aromatic nitrogens is 3. The highest BCUT2D eigenvalue weighted by Crippen LogP contribution is 2.51. The minimum atomic E-state index is -4.71. The van der Waals surface area contributed by atoms with Crippen molar-refractivity contribution in [3.05, 3.63) is 65.5 Å². The fourth-order valence-corrected chi connectivity index (χ4v) is 5.65. The van der Waals surface area contributed by atoms with Gasteiger partial charge in [0.05, 0.1) is 19.4 Å². The maximum absolute atomic E-state index is 13.7. The maximum atomic E-state index is 13.7. The lowest BCUT2D eigenvalue weighted by atomic mass is 10.2. The zero-order valence-electron chi connectivity index (χ0n) is 21.9. The van der Waals surface area contributed by atoms with Crippen LogP contribution in [0.3, 0.4) is 0 Å². The van der Waals surface area contributed by atoms with E-state index >= 15 is 0 Å². The summed E-state index contributed by atoms with van der Waals surface area (Å²) in [5.41, 5.74) is 0.586. The van der Waals surface area contributed by atoms with Gasteiger partial charge < -0.3 is 19.7 Å². The van der Waals surface area contributed by atoms with Gasteiger partial charge in [-0.2, -0.15) is 18.2 Å². The van der Waals surface area contributed by atoms with Crippen LogP contribution in [0.4, 0.5) is 36.4 Å². The van der Waals surface area contributed by atoms with Crippen molar-refractivity contribution in [3.63, 3.8) is 0 Å². The Morgan fingerprint density at radius 3 is 2.46 bits per heavy atom. The highest BCUT2D eigenvalue weighted by Gasteiger charge is 2.35. The second-order valence-electron chi connectivity index (χ2n) is 8.14. The number of hydrogen-bond acceptors (Lipinski definition) is 9. The molecule has 3 aromatic rings. The van der Waals surface area contributed by atoms with E-state index in [0.29, 0.717) is 28.8 Å². The van der Waals surface area contributed by atoms with Gasteiger partial charge in [-0.15, -0.1) is 0 Å². The Bertz CT molecular complexity index is 1340.